The third-order valence-corrected chi connectivity index (χ3v) is 9.80. The zero-order valence-electron chi connectivity index (χ0n) is 25.2. The van der Waals surface area contributed by atoms with Gasteiger partial charge in [-0.2, -0.15) is 9.57 Å². The molecule has 0 radical (unpaired) electrons. The molecule has 4 aromatic carbocycles. The van der Waals surface area contributed by atoms with E-state index in [1.54, 1.807) is 12.1 Å². The van der Waals surface area contributed by atoms with Crippen molar-refractivity contribution in [1.82, 2.24) is 9.62 Å². The fraction of sp³-hybridized carbons (Fsp3) is 0.222. The fourth-order valence-corrected chi connectivity index (χ4v) is 6.90. The van der Waals surface area contributed by atoms with Crippen LogP contribution in [0.5, 0.6) is 0 Å². The molecule has 4 aromatic rings. The first-order chi connectivity index (χ1) is 21.1. The smallest absolute Gasteiger partial charge is 0.252 e. The topological polar surface area (TPSA) is 102 Å². The van der Waals surface area contributed by atoms with Gasteiger partial charge in [0.2, 0.25) is 10.0 Å². The van der Waals surface area contributed by atoms with Crippen LogP contribution < -0.4 is 10.6 Å². The third kappa shape index (κ3) is 6.60. The molecule has 1 aliphatic rings. The van der Waals surface area contributed by atoms with Gasteiger partial charge in [0.05, 0.1) is 6.07 Å². The van der Waals surface area contributed by atoms with Gasteiger partial charge in [-0.05, 0) is 96.0 Å². The molecule has 0 aromatic heterocycles. The number of carbonyl (C=O) groups excluding carboxylic acids is 1. The average Bonchev–Trinajstić information content (AvgIpc) is 3.05. The van der Waals surface area contributed by atoms with Crippen molar-refractivity contribution in [2.45, 2.75) is 32.2 Å². The largest absolute Gasteiger partial charge is 0.388 e. The van der Waals surface area contributed by atoms with Crippen LogP contribution >= 0.6 is 0 Å². The van der Waals surface area contributed by atoms with Crippen LogP contribution in [0.1, 0.15) is 39.9 Å². The first-order valence-electron chi connectivity index (χ1n) is 14.6. The van der Waals surface area contributed by atoms with Gasteiger partial charge < -0.3 is 10.6 Å². The van der Waals surface area contributed by atoms with Crippen LogP contribution in [0.25, 0.3) is 28.3 Å². The first kappa shape index (κ1) is 30.7. The number of piperidine rings is 1. The molecule has 1 aliphatic heterocycles. The van der Waals surface area contributed by atoms with Gasteiger partial charge in [0.15, 0.2) is 0 Å². The molecule has 1 fully saturated rings. The Morgan fingerprint density at radius 1 is 0.864 bits per heavy atom. The Hall–Kier alpha value is -4.71. The minimum absolute atomic E-state index is 0.127. The van der Waals surface area contributed by atoms with Crippen LogP contribution in [0.2, 0.25) is 0 Å². The van der Waals surface area contributed by atoms with E-state index in [0.29, 0.717) is 5.56 Å². The maximum absolute atomic E-state index is 13.5. The fourth-order valence-electron chi connectivity index (χ4n) is 5.73. The number of hydrogen-bond acceptors (Lipinski definition) is 5. The lowest BCUT2D eigenvalue weighted by Crippen LogP contribution is -2.55. The molecule has 0 aliphatic carbocycles. The molecule has 1 heterocycles. The minimum Gasteiger partial charge on any atom is -0.388 e. The third-order valence-electron chi connectivity index (χ3n) is 8.24. The summed E-state index contributed by atoms with van der Waals surface area (Å²) in [4.78, 5) is 13.5. The lowest BCUT2D eigenvalue weighted by molar-refractivity contribution is 0.0895. The van der Waals surface area contributed by atoms with E-state index < -0.39 is 15.6 Å². The van der Waals surface area contributed by atoms with Gasteiger partial charge in [-0.3, -0.25) is 4.79 Å². The van der Waals surface area contributed by atoms with Gasteiger partial charge in [0.25, 0.3) is 5.91 Å². The second-order valence-corrected chi connectivity index (χ2v) is 13.0. The van der Waals surface area contributed by atoms with Crippen molar-refractivity contribution in [2.75, 3.05) is 25.5 Å². The van der Waals surface area contributed by atoms with Gasteiger partial charge in [0.1, 0.15) is 5.54 Å². The number of nitrogens with one attached hydrogen (secondary N) is 2. The van der Waals surface area contributed by atoms with Crippen molar-refractivity contribution in [1.29, 1.82) is 5.26 Å². The summed E-state index contributed by atoms with van der Waals surface area (Å²) < 4.78 is 27.8. The summed E-state index contributed by atoms with van der Waals surface area (Å²) in [5, 5.41) is 17.4. The quantitative estimate of drug-likeness (QED) is 0.231. The summed E-state index contributed by atoms with van der Waals surface area (Å²) in [6.07, 6.45) is 2.01. The Morgan fingerprint density at radius 2 is 1.45 bits per heavy atom. The summed E-state index contributed by atoms with van der Waals surface area (Å²) in [7, 11) is -1.87. The van der Waals surface area contributed by atoms with Crippen molar-refractivity contribution < 1.29 is 13.2 Å². The summed E-state index contributed by atoms with van der Waals surface area (Å²) in [6, 6.07) is 31.7. The van der Waals surface area contributed by atoms with Crippen LogP contribution in [-0.2, 0) is 10.0 Å². The maximum Gasteiger partial charge on any atom is 0.252 e. The molecule has 0 atom stereocenters. The molecule has 1 saturated heterocycles. The highest BCUT2D eigenvalue weighted by Crippen LogP contribution is 2.33. The van der Waals surface area contributed by atoms with Crippen LogP contribution in [0.15, 0.2) is 96.4 Å². The zero-order valence-corrected chi connectivity index (χ0v) is 26.0. The molecule has 2 N–H and O–H groups in total. The van der Waals surface area contributed by atoms with Crippen LogP contribution in [-0.4, -0.2) is 44.3 Å². The van der Waals surface area contributed by atoms with E-state index in [0.717, 1.165) is 44.6 Å². The van der Waals surface area contributed by atoms with Crippen LogP contribution in [0, 0.1) is 25.2 Å². The Balaban J connectivity index is 1.29. The van der Waals surface area contributed by atoms with Gasteiger partial charge in [0, 0.05) is 36.8 Å². The number of aryl methyl sites for hydroxylation is 2. The molecule has 1 amide bonds. The van der Waals surface area contributed by atoms with E-state index >= 15 is 0 Å². The average molecular weight is 605 g/mol. The van der Waals surface area contributed by atoms with Crippen molar-refractivity contribution in [3.63, 3.8) is 0 Å². The number of hydrogen-bond donors (Lipinski definition) is 2. The molecule has 0 unspecified atom stereocenters. The number of carbonyl (C=O) groups is 1. The van der Waals surface area contributed by atoms with Gasteiger partial charge >= 0.3 is 0 Å². The van der Waals surface area contributed by atoms with Crippen LogP contribution in [0.4, 0.5) is 5.69 Å². The SMILES string of the molecule is CNc1cc(C)c(/C=C/S(=O)(=O)N2CCC(C#N)(NC(=O)c3cccc(-c4ccccc4-c4ccccc4)c3)CC2)c(C)c1. The number of amides is 1. The van der Waals surface area contributed by atoms with E-state index in [4.69, 9.17) is 0 Å². The van der Waals surface area contributed by atoms with E-state index in [9.17, 15) is 18.5 Å². The van der Waals surface area contributed by atoms with Crippen LogP contribution in [0.3, 0.4) is 0 Å². The standard InChI is InChI=1S/C36H36N4O3S/c1-26-22-31(38-3)23-27(2)32(26)16-21-44(42,43)40-19-17-36(25-37,18-20-40)39-35(41)30-13-9-12-29(24-30)34-15-8-7-14-33(34)28-10-5-4-6-11-28/h4-16,21-24,38H,17-20H2,1-3H3,(H,39,41)/b21-16+. The molecule has 224 valence electrons. The molecule has 5 rings (SSSR count). The predicted molar refractivity (Wildman–Crippen MR) is 177 cm³/mol. The Bertz CT molecular complexity index is 1830. The minimum atomic E-state index is -3.72. The molecular weight excluding hydrogens is 568 g/mol. The van der Waals surface area contributed by atoms with E-state index in [1.807, 2.05) is 87.6 Å². The highest BCUT2D eigenvalue weighted by Gasteiger charge is 2.39. The number of anilines is 1. The predicted octanol–water partition coefficient (Wildman–Crippen LogP) is 6.77. The van der Waals surface area contributed by atoms with E-state index in [2.05, 4.69) is 34.9 Å². The Labute approximate surface area is 259 Å². The Morgan fingerprint density at radius 3 is 2.07 bits per heavy atom. The molecule has 8 heteroatoms. The molecule has 0 spiro atoms. The molecule has 0 bridgehead atoms. The van der Waals surface area contributed by atoms with Crippen molar-refractivity contribution in [3.05, 3.63) is 119 Å². The van der Waals surface area contributed by atoms with Crippen molar-refractivity contribution in [2.24, 2.45) is 0 Å². The van der Waals surface area contributed by atoms with Gasteiger partial charge in [-0.1, -0.05) is 66.7 Å². The molecular formula is C36H36N4O3S. The number of nitrogens with zero attached hydrogens (tertiary/aromatic N) is 2. The maximum atomic E-state index is 13.5. The summed E-state index contributed by atoms with van der Waals surface area (Å²) in [6.45, 7) is 4.15. The number of sulfonamides is 1. The lowest BCUT2D eigenvalue weighted by atomic mass is 9.89. The zero-order chi connectivity index (χ0) is 31.3. The first-order valence-corrected chi connectivity index (χ1v) is 16.1. The second-order valence-electron chi connectivity index (χ2n) is 11.2. The number of benzene rings is 4. The summed E-state index contributed by atoms with van der Waals surface area (Å²) in [5.41, 5.74) is 7.06. The normalized spacial score (nSPS) is 15.0. The van der Waals surface area contributed by atoms with E-state index in [1.165, 1.54) is 9.71 Å². The Kier molecular flexibility index (Phi) is 9.00. The summed E-state index contributed by atoms with van der Waals surface area (Å²) in [5.74, 6) is -0.363. The van der Waals surface area contributed by atoms with Gasteiger partial charge in [-0.25, -0.2) is 8.42 Å². The van der Waals surface area contributed by atoms with Crippen molar-refractivity contribution in [3.8, 4) is 28.3 Å². The number of nitriles is 1. The molecule has 7 nitrogen and oxygen atoms in total. The lowest BCUT2D eigenvalue weighted by Gasteiger charge is -2.36. The van der Waals surface area contributed by atoms with Crippen molar-refractivity contribution >= 4 is 27.7 Å². The van der Waals surface area contributed by atoms with Gasteiger partial charge in [-0.15, -0.1) is 0 Å². The van der Waals surface area contributed by atoms with E-state index in [-0.39, 0.29) is 31.8 Å². The highest BCUT2D eigenvalue weighted by atomic mass is 32.2. The molecule has 0 saturated carbocycles. The number of rotatable bonds is 8. The highest BCUT2D eigenvalue weighted by molar-refractivity contribution is 7.92. The second kappa shape index (κ2) is 12.9. The molecule has 44 heavy (non-hydrogen) atoms. The monoisotopic (exact) mass is 604 g/mol. The summed E-state index contributed by atoms with van der Waals surface area (Å²) >= 11 is 0.